The van der Waals surface area contributed by atoms with Gasteiger partial charge in [-0.05, 0) is 41.8 Å². The van der Waals surface area contributed by atoms with E-state index in [1.54, 1.807) is 0 Å². The first-order valence-corrected chi connectivity index (χ1v) is 6.90. The molecule has 2 aromatic rings. The van der Waals surface area contributed by atoms with Crippen molar-refractivity contribution in [3.63, 3.8) is 0 Å². The standard InChI is InChI=1S/C16H16Cl2O/c1-16(11-19,13-3-2-4-15(18)9-13)10-12-5-7-14(17)8-6-12/h2-9,19H,10-11H2,1H3. The van der Waals surface area contributed by atoms with E-state index in [1.807, 2.05) is 55.5 Å². The van der Waals surface area contributed by atoms with E-state index in [9.17, 15) is 5.11 Å². The van der Waals surface area contributed by atoms with Gasteiger partial charge in [-0.2, -0.15) is 0 Å². The Labute approximate surface area is 123 Å². The van der Waals surface area contributed by atoms with E-state index in [1.165, 1.54) is 0 Å². The van der Waals surface area contributed by atoms with Gasteiger partial charge in [-0.1, -0.05) is 54.4 Å². The fourth-order valence-corrected chi connectivity index (χ4v) is 2.48. The average Bonchev–Trinajstić information content (AvgIpc) is 2.41. The molecular weight excluding hydrogens is 279 g/mol. The summed E-state index contributed by atoms with van der Waals surface area (Å²) in [6, 6.07) is 15.4. The SMILES string of the molecule is CC(CO)(Cc1ccc(Cl)cc1)c1cccc(Cl)c1. The highest BCUT2D eigenvalue weighted by Crippen LogP contribution is 2.29. The molecule has 0 aliphatic rings. The summed E-state index contributed by atoms with van der Waals surface area (Å²) in [4.78, 5) is 0. The van der Waals surface area contributed by atoms with Crippen molar-refractivity contribution in [2.45, 2.75) is 18.8 Å². The van der Waals surface area contributed by atoms with E-state index in [0.29, 0.717) is 5.02 Å². The first-order chi connectivity index (χ1) is 9.03. The number of aliphatic hydroxyl groups excluding tert-OH is 1. The quantitative estimate of drug-likeness (QED) is 0.881. The predicted octanol–water partition coefficient (Wildman–Crippen LogP) is 4.49. The van der Waals surface area contributed by atoms with Gasteiger partial charge in [0, 0.05) is 15.5 Å². The van der Waals surface area contributed by atoms with Crippen LogP contribution in [0.15, 0.2) is 48.5 Å². The minimum Gasteiger partial charge on any atom is -0.395 e. The van der Waals surface area contributed by atoms with Gasteiger partial charge in [0.2, 0.25) is 0 Å². The van der Waals surface area contributed by atoms with Gasteiger partial charge in [-0.3, -0.25) is 0 Å². The summed E-state index contributed by atoms with van der Waals surface area (Å²) in [5.74, 6) is 0. The van der Waals surface area contributed by atoms with Gasteiger partial charge in [-0.25, -0.2) is 0 Å². The third-order valence-electron chi connectivity index (χ3n) is 3.38. The van der Waals surface area contributed by atoms with Crippen molar-refractivity contribution in [1.82, 2.24) is 0 Å². The van der Waals surface area contributed by atoms with Crippen molar-refractivity contribution in [1.29, 1.82) is 0 Å². The largest absolute Gasteiger partial charge is 0.395 e. The molecule has 0 aromatic heterocycles. The van der Waals surface area contributed by atoms with Gasteiger partial charge >= 0.3 is 0 Å². The van der Waals surface area contributed by atoms with Crippen molar-refractivity contribution in [2.24, 2.45) is 0 Å². The zero-order chi connectivity index (χ0) is 13.9. The molecule has 0 saturated carbocycles. The lowest BCUT2D eigenvalue weighted by molar-refractivity contribution is 0.204. The molecule has 3 heteroatoms. The summed E-state index contributed by atoms with van der Waals surface area (Å²) in [5, 5.41) is 11.2. The van der Waals surface area contributed by atoms with E-state index in [2.05, 4.69) is 0 Å². The first kappa shape index (κ1) is 14.4. The second kappa shape index (κ2) is 5.96. The van der Waals surface area contributed by atoms with Crippen LogP contribution < -0.4 is 0 Å². The molecule has 0 heterocycles. The van der Waals surface area contributed by atoms with E-state index in [4.69, 9.17) is 23.2 Å². The van der Waals surface area contributed by atoms with Gasteiger partial charge in [0.05, 0.1) is 6.61 Å². The van der Waals surface area contributed by atoms with Crippen LogP contribution in [0.2, 0.25) is 10.0 Å². The maximum Gasteiger partial charge on any atom is 0.0528 e. The van der Waals surface area contributed by atoms with E-state index < -0.39 is 0 Å². The fraction of sp³-hybridized carbons (Fsp3) is 0.250. The Morgan fingerprint density at radius 1 is 1.00 bits per heavy atom. The van der Waals surface area contributed by atoms with E-state index in [0.717, 1.165) is 22.6 Å². The lowest BCUT2D eigenvalue weighted by Gasteiger charge is -2.28. The Morgan fingerprint density at radius 2 is 1.68 bits per heavy atom. The molecule has 0 aliphatic heterocycles. The molecule has 0 amide bonds. The lowest BCUT2D eigenvalue weighted by Crippen LogP contribution is -2.29. The van der Waals surface area contributed by atoms with Crippen molar-refractivity contribution in [2.75, 3.05) is 6.61 Å². The minimum absolute atomic E-state index is 0.0654. The van der Waals surface area contributed by atoms with E-state index in [-0.39, 0.29) is 12.0 Å². The third-order valence-corrected chi connectivity index (χ3v) is 3.87. The summed E-state index contributed by atoms with van der Waals surface area (Å²) in [7, 11) is 0. The normalized spacial score (nSPS) is 14.1. The molecule has 1 N–H and O–H groups in total. The number of aliphatic hydroxyl groups is 1. The Bertz CT molecular complexity index is 551. The van der Waals surface area contributed by atoms with Crippen LogP contribution in [0.1, 0.15) is 18.1 Å². The number of rotatable bonds is 4. The monoisotopic (exact) mass is 294 g/mol. The molecule has 2 aromatic carbocycles. The summed E-state index contributed by atoms with van der Waals surface area (Å²) in [6.07, 6.45) is 0.737. The summed E-state index contributed by atoms with van der Waals surface area (Å²) < 4.78 is 0. The van der Waals surface area contributed by atoms with Crippen molar-refractivity contribution in [3.8, 4) is 0 Å². The smallest absolute Gasteiger partial charge is 0.0528 e. The van der Waals surface area contributed by atoms with Crippen LogP contribution in [0.25, 0.3) is 0 Å². The van der Waals surface area contributed by atoms with Gasteiger partial charge in [0.1, 0.15) is 0 Å². The Morgan fingerprint density at radius 3 is 2.26 bits per heavy atom. The molecular formula is C16H16Cl2O. The Balaban J connectivity index is 2.30. The number of benzene rings is 2. The molecule has 1 unspecified atom stereocenters. The highest BCUT2D eigenvalue weighted by atomic mass is 35.5. The number of hydrogen-bond acceptors (Lipinski definition) is 1. The maximum absolute atomic E-state index is 9.78. The molecule has 2 rings (SSSR count). The van der Waals surface area contributed by atoms with Crippen molar-refractivity contribution >= 4 is 23.2 Å². The average molecular weight is 295 g/mol. The molecule has 0 spiro atoms. The molecule has 0 aliphatic carbocycles. The van der Waals surface area contributed by atoms with Crippen LogP contribution in [-0.2, 0) is 11.8 Å². The second-order valence-electron chi connectivity index (χ2n) is 5.03. The fourth-order valence-electron chi connectivity index (χ4n) is 2.17. The van der Waals surface area contributed by atoms with E-state index >= 15 is 0 Å². The predicted molar refractivity (Wildman–Crippen MR) is 81.0 cm³/mol. The number of hydrogen-bond donors (Lipinski definition) is 1. The van der Waals surface area contributed by atoms with Crippen LogP contribution in [-0.4, -0.2) is 11.7 Å². The summed E-state index contributed by atoms with van der Waals surface area (Å²) in [5.41, 5.74) is 1.83. The second-order valence-corrected chi connectivity index (χ2v) is 5.91. The maximum atomic E-state index is 9.78. The van der Waals surface area contributed by atoms with Crippen LogP contribution >= 0.6 is 23.2 Å². The van der Waals surface area contributed by atoms with Crippen LogP contribution in [0.3, 0.4) is 0 Å². The zero-order valence-electron chi connectivity index (χ0n) is 10.7. The highest BCUT2D eigenvalue weighted by molar-refractivity contribution is 6.30. The highest BCUT2D eigenvalue weighted by Gasteiger charge is 2.26. The van der Waals surface area contributed by atoms with Gasteiger partial charge < -0.3 is 5.11 Å². The van der Waals surface area contributed by atoms with Crippen LogP contribution in [0.4, 0.5) is 0 Å². The minimum atomic E-state index is -0.348. The van der Waals surface area contributed by atoms with Crippen molar-refractivity contribution in [3.05, 3.63) is 69.7 Å². The third kappa shape index (κ3) is 3.50. The molecule has 0 bridgehead atoms. The van der Waals surface area contributed by atoms with Gasteiger partial charge in [0.25, 0.3) is 0 Å². The molecule has 100 valence electrons. The Kier molecular flexibility index (Phi) is 4.51. The first-order valence-electron chi connectivity index (χ1n) is 6.15. The lowest BCUT2D eigenvalue weighted by atomic mass is 9.78. The van der Waals surface area contributed by atoms with Crippen molar-refractivity contribution < 1.29 is 5.11 Å². The molecule has 0 fully saturated rings. The molecule has 1 atom stereocenters. The van der Waals surface area contributed by atoms with Gasteiger partial charge in [-0.15, -0.1) is 0 Å². The topological polar surface area (TPSA) is 20.2 Å². The molecule has 0 radical (unpaired) electrons. The Hall–Kier alpha value is -1.02. The summed E-state index contributed by atoms with van der Waals surface area (Å²) >= 11 is 11.9. The van der Waals surface area contributed by atoms with Gasteiger partial charge in [0.15, 0.2) is 0 Å². The number of halogens is 2. The molecule has 1 nitrogen and oxygen atoms in total. The molecule has 19 heavy (non-hydrogen) atoms. The summed E-state index contributed by atoms with van der Waals surface area (Å²) in [6.45, 7) is 2.10. The van der Waals surface area contributed by atoms with Crippen LogP contribution in [0, 0.1) is 0 Å². The zero-order valence-corrected chi connectivity index (χ0v) is 12.2. The van der Waals surface area contributed by atoms with Crippen LogP contribution in [0.5, 0.6) is 0 Å². The molecule has 0 saturated heterocycles.